The van der Waals surface area contributed by atoms with Gasteiger partial charge in [-0.2, -0.15) is 48.5 Å². The van der Waals surface area contributed by atoms with Gasteiger partial charge in [-0.3, -0.25) is 11.8 Å². The van der Waals surface area contributed by atoms with E-state index in [1.165, 1.54) is 35.8 Å². The van der Waals surface area contributed by atoms with Crippen LogP contribution in [-0.4, -0.2) is 0 Å². The molecule has 0 fully saturated rings. The molecule has 3 rings (SSSR count). The van der Waals surface area contributed by atoms with Gasteiger partial charge in [0.2, 0.25) is 0 Å². The monoisotopic (exact) mass is 509 g/mol. The number of allylic oxidation sites excluding steroid dienone is 4. The van der Waals surface area contributed by atoms with Gasteiger partial charge in [0.25, 0.3) is 0 Å². The van der Waals surface area contributed by atoms with Gasteiger partial charge in [0, 0.05) is 0 Å². The van der Waals surface area contributed by atoms with Gasteiger partial charge < -0.3 is 0 Å². The first-order valence-corrected chi connectivity index (χ1v) is 8.54. The normalized spacial score (nSPS) is 15.8. The fraction of sp³-hybridized carbons (Fsp3) is 0.250. The van der Waals surface area contributed by atoms with Crippen LogP contribution in [0.25, 0.3) is 11.1 Å². The summed E-state index contributed by atoms with van der Waals surface area (Å²) in [7, 11) is 0. The summed E-state index contributed by atoms with van der Waals surface area (Å²) in [6.45, 7) is 8.45. The largest absolute Gasteiger partial charge is 4.00 e. The van der Waals surface area contributed by atoms with E-state index in [0.29, 0.717) is 0 Å². The summed E-state index contributed by atoms with van der Waals surface area (Å²) in [6.07, 6.45) is 11.3. The smallest absolute Gasteiger partial charge is 0.279 e. The van der Waals surface area contributed by atoms with E-state index >= 15 is 0 Å². The first-order valence-electron chi connectivity index (χ1n) is 8.54. The molecule has 0 bridgehead atoms. The number of aryl methyl sites for hydroxylation is 2. The third kappa shape index (κ3) is 7.41. The van der Waals surface area contributed by atoms with Crippen LogP contribution in [0.15, 0.2) is 60.7 Å². The van der Waals surface area contributed by atoms with Crippen LogP contribution in [0.2, 0.25) is 0 Å². The summed E-state index contributed by atoms with van der Waals surface area (Å²) in [6, 6.07) is 18.8. The Balaban J connectivity index is 0.000000254. The Labute approximate surface area is 168 Å². The van der Waals surface area contributed by atoms with Crippen LogP contribution in [0, 0.1) is 37.8 Å². The maximum atomic E-state index is 3.24. The van der Waals surface area contributed by atoms with Crippen LogP contribution in [0.1, 0.15) is 37.8 Å². The van der Waals surface area contributed by atoms with Gasteiger partial charge in [-0.25, -0.2) is 35.4 Å². The quantitative estimate of drug-likeness (QED) is 0.378. The molecule has 132 valence electrons. The molecule has 0 radical (unpaired) electrons. The summed E-state index contributed by atoms with van der Waals surface area (Å²) < 4.78 is 0. The Bertz CT molecular complexity index is 601. The van der Waals surface area contributed by atoms with Crippen LogP contribution < -0.4 is 0 Å². The zero-order chi connectivity index (χ0) is 17.4. The van der Waals surface area contributed by atoms with Crippen molar-refractivity contribution in [2.45, 2.75) is 40.5 Å². The second kappa shape index (κ2) is 11.1. The van der Waals surface area contributed by atoms with Crippen molar-refractivity contribution in [1.82, 2.24) is 0 Å². The van der Waals surface area contributed by atoms with Crippen molar-refractivity contribution < 1.29 is 21.1 Å². The molecule has 0 nitrogen and oxygen atoms in total. The number of hydrogen-bond donors (Lipinski definition) is 0. The van der Waals surface area contributed by atoms with E-state index in [1.54, 1.807) is 0 Å². The Hall–Kier alpha value is -1.65. The molecule has 0 unspecified atom stereocenters. The van der Waals surface area contributed by atoms with Gasteiger partial charge in [-0.1, -0.05) is 13.8 Å². The maximum Gasteiger partial charge on any atom is 4.00 e. The third-order valence-corrected chi connectivity index (χ3v) is 4.08. The van der Waals surface area contributed by atoms with Crippen LogP contribution in [-0.2, 0) is 21.1 Å². The number of hydrogen-bond acceptors (Lipinski definition) is 0. The van der Waals surface area contributed by atoms with Crippen molar-refractivity contribution in [2.24, 2.45) is 0 Å². The van der Waals surface area contributed by atoms with Gasteiger partial charge in [0.05, 0.1) is 0 Å². The molecule has 0 aromatic heterocycles. The number of rotatable bonds is 1. The minimum Gasteiger partial charge on any atom is -0.279 e. The second-order valence-corrected chi connectivity index (χ2v) is 6.31. The maximum absolute atomic E-state index is 3.24. The molecule has 0 spiro atoms. The Morgan fingerprint density at radius 1 is 0.720 bits per heavy atom. The van der Waals surface area contributed by atoms with Crippen molar-refractivity contribution >= 4 is 0 Å². The van der Waals surface area contributed by atoms with Gasteiger partial charge in [0.1, 0.15) is 0 Å². The van der Waals surface area contributed by atoms with Gasteiger partial charge in [0.15, 0.2) is 0 Å². The predicted molar refractivity (Wildman–Crippen MR) is 104 cm³/mol. The fourth-order valence-corrected chi connectivity index (χ4v) is 2.32. The molecule has 0 saturated heterocycles. The predicted octanol–water partition coefficient (Wildman–Crippen LogP) is 6.65. The molecular formula is C24H26Pt. The summed E-state index contributed by atoms with van der Waals surface area (Å²) >= 11 is 0. The standard InChI is InChI=1S/C14H12.C10H14.Pt/c1-11-3-7-13(8-4-11)14-9-5-12(2)6-10-14;1-9-7-5-3-4-6-8-10(9)2;/h3-7,9H,1-2H3;5-8H,3-4H2,1-2H3;/q2*-2;+4/b;7-5-,8-6-;. The molecule has 1 heteroatoms. The van der Waals surface area contributed by atoms with Crippen molar-refractivity contribution in [3.05, 3.63) is 95.8 Å². The van der Waals surface area contributed by atoms with Crippen molar-refractivity contribution in [3.63, 3.8) is 0 Å². The molecule has 0 heterocycles. The van der Waals surface area contributed by atoms with Crippen LogP contribution in [0.4, 0.5) is 0 Å². The second-order valence-electron chi connectivity index (χ2n) is 6.31. The molecule has 0 aliphatic heterocycles. The molecular weight excluding hydrogens is 483 g/mol. The van der Waals surface area contributed by atoms with E-state index in [0.717, 1.165) is 11.1 Å². The summed E-state index contributed by atoms with van der Waals surface area (Å²) in [5, 5.41) is 0. The zero-order valence-corrected chi connectivity index (χ0v) is 17.8. The van der Waals surface area contributed by atoms with Gasteiger partial charge >= 0.3 is 21.1 Å². The molecule has 1 aliphatic rings. The molecule has 0 saturated carbocycles. The molecule has 25 heavy (non-hydrogen) atoms. The van der Waals surface area contributed by atoms with E-state index in [2.05, 4.69) is 88.4 Å². The topological polar surface area (TPSA) is 0 Å². The Morgan fingerprint density at radius 2 is 1.12 bits per heavy atom. The SMILES string of the molecule is C[C-]1/C=C\CC/C=C\[C-]1C.Cc1c[c-]c(-c2[c-]cc(C)cc2)cc1.[Pt+4]. The average Bonchev–Trinajstić information content (AvgIpc) is 2.58. The summed E-state index contributed by atoms with van der Waals surface area (Å²) in [5.74, 6) is 2.77. The first-order chi connectivity index (χ1) is 11.6. The van der Waals surface area contributed by atoms with Crippen LogP contribution in [0.3, 0.4) is 0 Å². The average molecular weight is 510 g/mol. The summed E-state index contributed by atoms with van der Waals surface area (Å²) in [5.41, 5.74) is 4.69. The van der Waals surface area contributed by atoms with E-state index in [-0.39, 0.29) is 21.1 Å². The Morgan fingerprint density at radius 3 is 1.44 bits per heavy atom. The minimum atomic E-state index is 0. The van der Waals surface area contributed by atoms with Gasteiger partial charge in [-0.15, -0.1) is 37.8 Å². The van der Waals surface area contributed by atoms with Crippen LogP contribution in [0.5, 0.6) is 0 Å². The molecule has 2 aromatic carbocycles. The molecule has 0 N–H and O–H groups in total. The van der Waals surface area contributed by atoms with Crippen molar-refractivity contribution in [1.29, 1.82) is 0 Å². The van der Waals surface area contributed by atoms with Crippen molar-refractivity contribution in [3.8, 4) is 11.1 Å². The van der Waals surface area contributed by atoms with Crippen LogP contribution >= 0.6 is 0 Å². The molecule has 0 atom stereocenters. The van der Waals surface area contributed by atoms with Gasteiger partial charge in [-0.05, 0) is 0 Å². The van der Waals surface area contributed by atoms with E-state index < -0.39 is 0 Å². The van der Waals surface area contributed by atoms with Crippen molar-refractivity contribution in [2.75, 3.05) is 0 Å². The molecule has 1 aliphatic carbocycles. The molecule has 2 aromatic rings. The first kappa shape index (κ1) is 21.4. The van der Waals surface area contributed by atoms with E-state index in [4.69, 9.17) is 0 Å². The summed E-state index contributed by atoms with van der Waals surface area (Å²) in [4.78, 5) is 0. The Kier molecular flexibility index (Phi) is 9.46. The zero-order valence-electron chi connectivity index (χ0n) is 15.5. The fourth-order valence-electron chi connectivity index (χ4n) is 2.32. The number of benzene rings is 2. The third-order valence-electron chi connectivity index (χ3n) is 4.08. The van der Waals surface area contributed by atoms with E-state index in [1.807, 2.05) is 12.1 Å². The van der Waals surface area contributed by atoms with E-state index in [9.17, 15) is 0 Å². The molecule has 0 amide bonds. The minimum absolute atomic E-state index is 0.